The highest BCUT2D eigenvalue weighted by atomic mass is 16.7. The Bertz CT molecular complexity index is 1260. The van der Waals surface area contributed by atoms with Crippen LogP contribution < -0.4 is 5.32 Å². The Morgan fingerprint density at radius 2 is 1.79 bits per heavy atom. The van der Waals surface area contributed by atoms with Gasteiger partial charge in [0.15, 0.2) is 6.29 Å². The van der Waals surface area contributed by atoms with E-state index in [2.05, 4.69) is 37.9 Å². The smallest absolute Gasteiger partial charge is 0.303 e. The summed E-state index contributed by atoms with van der Waals surface area (Å²) in [6.07, 6.45) is 3.19. The van der Waals surface area contributed by atoms with Crippen LogP contribution in [0.2, 0.25) is 0 Å². The number of anilines is 1. The SMILES string of the molecule is C[C@H]1[C@@H](CN2CC3(C)CC2CC(C)(C)C3)O[C@@H](c2cccc(NC(=O)CCCC(=O)O)c2)O[C@H]1c1ccc(CO)cc1. The number of hydrogen-bond acceptors (Lipinski definition) is 6. The van der Waals surface area contributed by atoms with Gasteiger partial charge < -0.3 is 25.0 Å². The van der Waals surface area contributed by atoms with E-state index in [4.69, 9.17) is 14.6 Å². The molecule has 6 atom stereocenters. The van der Waals surface area contributed by atoms with Crippen molar-refractivity contribution >= 4 is 17.6 Å². The summed E-state index contributed by atoms with van der Waals surface area (Å²) in [6, 6.07) is 16.0. The van der Waals surface area contributed by atoms with Gasteiger partial charge in [-0.25, -0.2) is 0 Å². The number of rotatable bonds is 10. The summed E-state index contributed by atoms with van der Waals surface area (Å²) >= 11 is 0. The van der Waals surface area contributed by atoms with Gasteiger partial charge in [0.2, 0.25) is 5.91 Å². The van der Waals surface area contributed by atoms with E-state index in [-0.39, 0.29) is 43.5 Å². The first kappa shape index (κ1) is 30.7. The van der Waals surface area contributed by atoms with Crippen LogP contribution in [0.1, 0.15) is 95.3 Å². The fourth-order valence-corrected chi connectivity index (χ4v) is 7.74. The lowest BCUT2D eigenvalue weighted by Crippen LogP contribution is -2.46. The molecule has 2 aliphatic heterocycles. The number of carboxylic acid groups (broad SMARTS) is 1. The van der Waals surface area contributed by atoms with Gasteiger partial charge in [0.25, 0.3) is 0 Å². The van der Waals surface area contributed by atoms with Crippen LogP contribution in [-0.2, 0) is 25.7 Å². The molecule has 2 aromatic carbocycles. The fourth-order valence-electron chi connectivity index (χ4n) is 7.74. The Hall–Kier alpha value is -2.78. The molecule has 2 heterocycles. The van der Waals surface area contributed by atoms with Gasteiger partial charge >= 0.3 is 5.97 Å². The van der Waals surface area contributed by atoms with Crippen LogP contribution in [0.25, 0.3) is 0 Å². The molecule has 2 unspecified atom stereocenters. The minimum absolute atomic E-state index is 0.00397. The summed E-state index contributed by atoms with van der Waals surface area (Å²) in [6.45, 7) is 11.3. The summed E-state index contributed by atoms with van der Waals surface area (Å²) in [7, 11) is 0. The van der Waals surface area contributed by atoms with Crippen LogP contribution in [0.3, 0.4) is 0 Å². The maximum absolute atomic E-state index is 12.4. The number of fused-ring (bicyclic) bond motifs is 2. The molecule has 0 spiro atoms. The van der Waals surface area contributed by atoms with E-state index in [0.29, 0.717) is 29.0 Å². The summed E-state index contributed by atoms with van der Waals surface area (Å²) < 4.78 is 13.4. The third-order valence-electron chi connectivity index (χ3n) is 9.30. The Kier molecular flexibility index (Phi) is 9.09. The minimum atomic E-state index is -0.907. The van der Waals surface area contributed by atoms with Gasteiger partial charge in [0.05, 0.1) is 18.8 Å². The molecule has 8 nitrogen and oxygen atoms in total. The number of carbonyl (C=O) groups is 2. The topological polar surface area (TPSA) is 108 Å². The van der Waals surface area contributed by atoms with E-state index < -0.39 is 12.3 Å². The molecule has 0 aromatic heterocycles. The van der Waals surface area contributed by atoms with Crippen LogP contribution in [0.5, 0.6) is 0 Å². The van der Waals surface area contributed by atoms with Crippen LogP contribution in [0.15, 0.2) is 48.5 Å². The molecule has 3 aliphatic rings. The molecule has 8 heteroatoms. The van der Waals surface area contributed by atoms with Gasteiger partial charge in [-0.15, -0.1) is 0 Å². The van der Waals surface area contributed by atoms with Crippen molar-refractivity contribution in [2.45, 2.75) is 97.4 Å². The first-order valence-corrected chi connectivity index (χ1v) is 15.3. The van der Waals surface area contributed by atoms with Crippen molar-refractivity contribution in [3.63, 3.8) is 0 Å². The minimum Gasteiger partial charge on any atom is -0.481 e. The summed E-state index contributed by atoms with van der Waals surface area (Å²) in [4.78, 5) is 25.9. The summed E-state index contributed by atoms with van der Waals surface area (Å²) in [5.74, 6) is -1.03. The second-order valence-corrected chi connectivity index (χ2v) is 13.9. The number of carbonyl (C=O) groups excluding carboxylic acids is 1. The second kappa shape index (κ2) is 12.4. The van der Waals surface area contributed by atoms with E-state index >= 15 is 0 Å². The lowest BCUT2D eigenvalue weighted by molar-refractivity contribution is -0.276. The number of likely N-dealkylation sites (tertiary alicyclic amines) is 1. The number of ether oxygens (including phenoxy) is 2. The quantitative estimate of drug-likeness (QED) is 0.314. The van der Waals surface area contributed by atoms with Gasteiger partial charge in [0, 0.05) is 49.1 Å². The molecule has 2 aromatic rings. The number of aliphatic hydroxyl groups is 1. The number of aliphatic carboxylic acids is 1. The van der Waals surface area contributed by atoms with E-state index in [9.17, 15) is 14.7 Å². The molecule has 2 bridgehead atoms. The highest BCUT2D eigenvalue weighted by Crippen LogP contribution is 2.53. The average molecular weight is 579 g/mol. The van der Waals surface area contributed by atoms with Crippen molar-refractivity contribution in [1.29, 1.82) is 0 Å². The number of hydrogen-bond donors (Lipinski definition) is 3. The first-order valence-electron chi connectivity index (χ1n) is 15.3. The zero-order chi connectivity index (χ0) is 30.1. The fraction of sp³-hybridized carbons (Fsp3) is 0.588. The third-order valence-corrected chi connectivity index (χ3v) is 9.30. The number of nitrogens with zero attached hydrogens (tertiary/aromatic N) is 1. The molecule has 42 heavy (non-hydrogen) atoms. The molecule has 228 valence electrons. The van der Waals surface area contributed by atoms with Crippen molar-refractivity contribution in [2.75, 3.05) is 18.4 Å². The zero-order valence-corrected chi connectivity index (χ0v) is 25.3. The van der Waals surface area contributed by atoms with Crippen molar-refractivity contribution < 1.29 is 29.3 Å². The summed E-state index contributed by atoms with van der Waals surface area (Å²) in [5, 5.41) is 21.3. The van der Waals surface area contributed by atoms with E-state index in [1.165, 1.54) is 19.3 Å². The van der Waals surface area contributed by atoms with Crippen molar-refractivity contribution in [3.8, 4) is 0 Å². The number of benzene rings is 2. The maximum atomic E-state index is 12.4. The predicted molar refractivity (Wildman–Crippen MR) is 161 cm³/mol. The Labute approximate surface area is 249 Å². The molecule has 3 N–H and O–H groups in total. The molecule has 1 amide bonds. The van der Waals surface area contributed by atoms with E-state index in [1.807, 2.05) is 48.5 Å². The average Bonchev–Trinajstić information content (AvgIpc) is 3.17. The molecule has 1 saturated carbocycles. The van der Waals surface area contributed by atoms with Gasteiger partial charge in [0.1, 0.15) is 0 Å². The van der Waals surface area contributed by atoms with Crippen molar-refractivity contribution in [1.82, 2.24) is 4.90 Å². The first-order chi connectivity index (χ1) is 19.9. The van der Waals surface area contributed by atoms with Gasteiger partial charge in [-0.3, -0.25) is 14.5 Å². The lowest BCUT2D eigenvalue weighted by Gasteiger charge is -2.43. The summed E-state index contributed by atoms with van der Waals surface area (Å²) in [5.41, 5.74) is 4.03. The van der Waals surface area contributed by atoms with E-state index in [1.54, 1.807) is 0 Å². The van der Waals surface area contributed by atoms with Gasteiger partial charge in [-0.1, -0.05) is 64.1 Å². The second-order valence-electron chi connectivity index (χ2n) is 13.9. The zero-order valence-electron chi connectivity index (χ0n) is 25.3. The van der Waals surface area contributed by atoms with Crippen LogP contribution in [-0.4, -0.2) is 52.2 Å². The van der Waals surface area contributed by atoms with Crippen molar-refractivity contribution in [3.05, 3.63) is 65.2 Å². The standard InChI is InChI=1S/C34H46N2O6/c1-22-28(18-36-21-34(4)17-27(36)16-33(2,3)20-34)41-32(42-31(22)24-13-11-23(19-37)12-14-24)25-7-5-8-26(15-25)35-29(38)9-6-10-30(39)40/h5,7-8,11-15,22,27-28,31-32,37H,6,9-10,16-21H2,1-4H3,(H,35,38)(H,39,40)/t22-,27?,28+,31+,32+,34?/m0/s1. The van der Waals surface area contributed by atoms with Crippen LogP contribution in [0.4, 0.5) is 5.69 Å². The molecule has 2 saturated heterocycles. The Balaban J connectivity index is 1.36. The highest BCUT2D eigenvalue weighted by molar-refractivity contribution is 5.90. The number of nitrogens with one attached hydrogen (secondary N) is 1. The normalized spacial score (nSPS) is 30.6. The Morgan fingerprint density at radius 1 is 1.02 bits per heavy atom. The molecule has 5 rings (SSSR count). The van der Waals surface area contributed by atoms with Crippen LogP contribution in [0, 0.1) is 16.7 Å². The molecular formula is C34H46N2O6. The highest BCUT2D eigenvalue weighted by Gasteiger charge is 2.51. The number of carboxylic acids is 1. The molecular weight excluding hydrogens is 532 g/mol. The maximum Gasteiger partial charge on any atom is 0.303 e. The third kappa shape index (κ3) is 7.22. The van der Waals surface area contributed by atoms with Gasteiger partial charge in [-0.05, 0) is 59.8 Å². The number of aliphatic hydroxyl groups excluding tert-OH is 1. The molecule has 0 radical (unpaired) electrons. The largest absolute Gasteiger partial charge is 0.481 e. The lowest BCUT2D eigenvalue weighted by atomic mass is 9.65. The Morgan fingerprint density at radius 3 is 2.50 bits per heavy atom. The molecule has 3 fully saturated rings. The molecule has 1 aliphatic carbocycles. The van der Waals surface area contributed by atoms with E-state index in [0.717, 1.165) is 29.8 Å². The predicted octanol–water partition coefficient (Wildman–Crippen LogP) is 6.06. The monoisotopic (exact) mass is 578 g/mol. The van der Waals surface area contributed by atoms with Gasteiger partial charge in [-0.2, -0.15) is 0 Å². The van der Waals surface area contributed by atoms with Crippen molar-refractivity contribution in [2.24, 2.45) is 16.7 Å². The van der Waals surface area contributed by atoms with Crippen LogP contribution >= 0.6 is 0 Å². The number of amides is 1.